The topological polar surface area (TPSA) is 115 Å². The SMILES string of the molecule is Cc1c(C(CC(=O)O)c2ccc3c(c2)C(C2=NS(=O)(=O)c4ccccc4CC2C)CC3)ccc2c1nnn2C. The van der Waals surface area contributed by atoms with E-state index in [1.807, 2.05) is 51.2 Å². The molecule has 9 heteroatoms. The summed E-state index contributed by atoms with van der Waals surface area (Å²) in [6.07, 6.45) is 2.14. The molecule has 200 valence electrons. The molecule has 3 atom stereocenters. The Hall–Kier alpha value is -3.85. The van der Waals surface area contributed by atoms with Gasteiger partial charge in [-0.25, -0.2) is 4.68 Å². The van der Waals surface area contributed by atoms with Gasteiger partial charge in [0.15, 0.2) is 0 Å². The lowest BCUT2D eigenvalue weighted by molar-refractivity contribution is -0.137. The summed E-state index contributed by atoms with van der Waals surface area (Å²) >= 11 is 0. The van der Waals surface area contributed by atoms with Gasteiger partial charge in [-0.2, -0.15) is 12.8 Å². The molecule has 8 nitrogen and oxygen atoms in total. The van der Waals surface area contributed by atoms with Gasteiger partial charge >= 0.3 is 5.97 Å². The van der Waals surface area contributed by atoms with Crippen molar-refractivity contribution in [1.29, 1.82) is 0 Å². The third-order valence-electron chi connectivity index (χ3n) is 8.35. The van der Waals surface area contributed by atoms with Gasteiger partial charge in [0.2, 0.25) is 0 Å². The van der Waals surface area contributed by atoms with E-state index >= 15 is 0 Å². The summed E-state index contributed by atoms with van der Waals surface area (Å²) in [6, 6.07) is 17.2. The van der Waals surface area contributed by atoms with Crippen LogP contribution >= 0.6 is 0 Å². The monoisotopic (exact) mass is 542 g/mol. The fraction of sp³-hybridized carbons (Fsp3) is 0.333. The first kappa shape index (κ1) is 25.4. The van der Waals surface area contributed by atoms with Gasteiger partial charge in [-0.1, -0.05) is 54.6 Å². The molecule has 3 aromatic carbocycles. The molecule has 3 unspecified atom stereocenters. The summed E-state index contributed by atoms with van der Waals surface area (Å²) in [7, 11) is -1.98. The van der Waals surface area contributed by atoms with Crippen molar-refractivity contribution in [3.63, 3.8) is 0 Å². The maximum atomic E-state index is 13.3. The van der Waals surface area contributed by atoms with E-state index < -0.39 is 16.0 Å². The van der Waals surface area contributed by atoms with Crippen LogP contribution in [-0.2, 0) is 34.7 Å². The molecule has 0 fully saturated rings. The van der Waals surface area contributed by atoms with Crippen LogP contribution in [0.15, 0.2) is 63.9 Å². The highest BCUT2D eigenvalue weighted by Crippen LogP contribution is 2.42. The van der Waals surface area contributed by atoms with E-state index in [0.717, 1.165) is 57.3 Å². The van der Waals surface area contributed by atoms with Crippen LogP contribution in [-0.4, -0.2) is 40.2 Å². The van der Waals surface area contributed by atoms with Crippen LogP contribution in [0.25, 0.3) is 11.0 Å². The Morgan fingerprint density at radius 1 is 1.13 bits per heavy atom. The zero-order valence-corrected chi connectivity index (χ0v) is 22.9. The lowest BCUT2D eigenvalue weighted by atomic mass is 9.81. The molecule has 1 aliphatic heterocycles. The first-order valence-electron chi connectivity index (χ1n) is 13.2. The van der Waals surface area contributed by atoms with E-state index in [0.29, 0.717) is 12.1 Å². The Balaban J connectivity index is 1.44. The van der Waals surface area contributed by atoms with Gasteiger partial charge in [-0.3, -0.25) is 4.79 Å². The molecule has 39 heavy (non-hydrogen) atoms. The molecule has 6 rings (SSSR count). The number of fused-ring (bicyclic) bond motifs is 3. The van der Waals surface area contributed by atoms with E-state index in [4.69, 9.17) is 0 Å². The lowest BCUT2D eigenvalue weighted by Crippen LogP contribution is -2.21. The van der Waals surface area contributed by atoms with Gasteiger partial charge in [0.25, 0.3) is 10.0 Å². The van der Waals surface area contributed by atoms with Gasteiger partial charge in [-0.05, 0) is 71.7 Å². The predicted octanol–water partition coefficient (Wildman–Crippen LogP) is 4.94. The fourth-order valence-corrected chi connectivity index (χ4v) is 7.81. The third kappa shape index (κ3) is 4.34. The number of hydrogen-bond acceptors (Lipinski definition) is 5. The predicted molar refractivity (Wildman–Crippen MR) is 149 cm³/mol. The van der Waals surface area contributed by atoms with Crippen molar-refractivity contribution in [2.45, 2.75) is 56.3 Å². The number of carboxylic acids is 1. The second-order valence-electron chi connectivity index (χ2n) is 10.8. The number of carboxylic acid groups (broad SMARTS) is 1. The van der Waals surface area contributed by atoms with E-state index in [-0.39, 0.29) is 29.1 Å². The number of nitrogens with zero attached hydrogens (tertiary/aromatic N) is 4. The number of aliphatic carboxylic acids is 1. The zero-order valence-electron chi connectivity index (χ0n) is 22.1. The minimum atomic E-state index is -3.81. The molecule has 2 heterocycles. The number of carbonyl (C=O) groups is 1. The Morgan fingerprint density at radius 3 is 2.72 bits per heavy atom. The number of aryl methyl sites for hydroxylation is 3. The van der Waals surface area contributed by atoms with Crippen molar-refractivity contribution in [3.05, 3.63) is 88.0 Å². The minimum absolute atomic E-state index is 0.0424. The van der Waals surface area contributed by atoms with Crippen LogP contribution in [0.3, 0.4) is 0 Å². The largest absolute Gasteiger partial charge is 0.481 e. The van der Waals surface area contributed by atoms with Crippen LogP contribution in [0.2, 0.25) is 0 Å². The first-order valence-corrected chi connectivity index (χ1v) is 14.6. The van der Waals surface area contributed by atoms with Crippen LogP contribution in [0, 0.1) is 12.8 Å². The lowest BCUT2D eigenvalue weighted by Gasteiger charge is -2.22. The molecule has 1 aromatic heterocycles. The van der Waals surface area contributed by atoms with Crippen molar-refractivity contribution in [1.82, 2.24) is 15.0 Å². The average molecular weight is 543 g/mol. The molecule has 4 aromatic rings. The summed E-state index contributed by atoms with van der Waals surface area (Å²) in [5.41, 5.74) is 8.05. The van der Waals surface area contributed by atoms with Crippen molar-refractivity contribution in [2.75, 3.05) is 0 Å². The van der Waals surface area contributed by atoms with Gasteiger partial charge in [-0.15, -0.1) is 5.10 Å². The molecule has 0 spiro atoms. The van der Waals surface area contributed by atoms with Crippen molar-refractivity contribution < 1.29 is 18.3 Å². The molecule has 0 amide bonds. The first-order chi connectivity index (χ1) is 18.6. The fourth-order valence-electron chi connectivity index (χ4n) is 6.40. The van der Waals surface area contributed by atoms with Crippen LogP contribution in [0.5, 0.6) is 0 Å². The molecular weight excluding hydrogens is 512 g/mol. The number of hydrogen-bond donors (Lipinski definition) is 1. The van der Waals surface area contributed by atoms with Crippen molar-refractivity contribution in [3.8, 4) is 0 Å². The van der Waals surface area contributed by atoms with Crippen LogP contribution < -0.4 is 0 Å². The second kappa shape index (κ2) is 9.41. The van der Waals surface area contributed by atoms with Gasteiger partial charge < -0.3 is 5.11 Å². The Kier molecular flexibility index (Phi) is 6.14. The normalized spacial score (nSPS) is 20.6. The average Bonchev–Trinajstić information content (AvgIpc) is 3.47. The van der Waals surface area contributed by atoms with Gasteiger partial charge in [0, 0.05) is 30.5 Å². The van der Waals surface area contributed by atoms with Crippen LogP contribution in [0.4, 0.5) is 0 Å². The van der Waals surface area contributed by atoms with Gasteiger partial charge in [0.05, 0.1) is 16.8 Å². The number of rotatable bonds is 5. The van der Waals surface area contributed by atoms with Crippen molar-refractivity contribution >= 4 is 32.7 Å². The molecular formula is C30H30N4O4S. The maximum Gasteiger partial charge on any atom is 0.304 e. The summed E-state index contributed by atoms with van der Waals surface area (Å²) in [4.78, 5) is 12.3. The second-order valence-corrected chi connectivity index (χ2v) is 12.3. The highest BCUT2D eigenvalue weighted by atomic mass is 32.2. The maximum absolute atomic E-state index is 13.3. The van der Waals surface area contributed by atoms with E-state index in [1.54, 1.807) is 16.8 Å². The smallest absolute Gasteiger partial charge is 0.304 e. The third-order valence-corrected chi connectivity index (χ3v) is 9.75. The molecule has 0 radical (unpaired) electrons. The Morgan fingerprint density at radius 2 is 1.92 bits per heavy atom. The summed E-state index contributed by atoms with van der Waals surface area (Å²) in [6.45, 7) is 4.01. The highest BCUT2D eigenvalue weighted by molar-refractivity contribution is 7.90. The summed E-state index contributed by atoms with van der Waals surface area (Å²) in [5.74, 6) is -1.45. The molecule has 0 bridgehead atoms. The standard InChI is InChI=1S/C30H30N4O4S/c1-17-14-21-6-4-5-7-27(21)39(37,38)32-29(17)23-11-10-19-8-9-20(15-24(19)23)25(16-28(35)36)22-12-13-26-30(18(22)2)31-33-34(26)3/h4-9,12-13,15,17,23,25H,10-11,14,16H2,1-3H3,(H,35,36). The molecule has 2 aliphatic rings. The molecule has 1 N–H and O–H groups in total. The van der Waals surface area contributed by atoms with E-state index in [9.17, 15) is 18.3 Å². The highest BCUT2D eigenvalue weighted by Gasteiger charge is 2.35. The molecule has 0 saturated carbocycles. The number of sulfonamides is 1. The Labute approximate surface area is 227 Å². The van der Waals surface area contributed by atoms with E-state index in [1.165, 1.54) is 0 Å². The summed E-state index contributed by atoms with van der Waals surface area (Å²) in [5, 5.41) is 18.3. The Bertz CT molecular complexity index is 1770. The number of aromatic nitrogens is 3. The molecule has 0 saturated heterocycles. The quantitative estimate of drug-likeness (QED) is 0.382. The summed E-state index contributed by atoms with van der Waals surface area (Å²) < 4.78 is 32.7. The van der Waals surface area contributed by atoms with Gasteiger partial charge in [0.1, 0.15) is 5.52 Å². The van der Waals surface area contributed by atoms with Crippen molar-refractivity contribution in [2.24, 2.45) is 17.4 Å². The van der Waals surface area contributed by atoms with E-state index in [2.05, 4.69) is 26.8 Å². The minimum Gasteiger partial charge on any atom is -0.481 e. The molecule has 1 aliphatic carbocycles. The zero-order chi connectivity index (χ0) is 27.5. The number of benzene rings is 3. The van der Waals surface area contributed by atoms with Crippen LogP contribution in [0.1, 0.15) is 65.0 Å².